The molecule has 10 heteroatoms. The molecule has 0 radical (unpaired) electrons. The molecular weight excluding hydrogens is 400 g/mol. The molecule has 1 aromatic rings. The van der Waals surface area contributed by atoms with E-state index in [4.69, 9.17) is 9.47 Å². The molecule has 0 spiro atoms. The number of benzene rings is 1. The van der Waals surface area contributed by atoms with E-state index in [0.29, 0.717) is 12.2 Å². The van der Waals surface area contributed by atoms with Gasteiger partial charge in [-0.3, -0.25) is 9.59 Å². The van der Waals surface area contributed by atoms with Crippen LogP contribution in [0, 0.1) is 0 Å². The topological polar surface area (TPSA) is 128 Å². The predicted octanol–water partition coefficient (Wildman–Crippen LogP) is 0.0596. The second-order valence-electron chi connectivity index (χ2n) is 6.61. The molecular formula is C19H24N2O7S. The molecule has 2 atom stereocenters. The lowest BCUT2D eigenvalue weighted by atomic mass is 10.2. The number of hydrogen-bond acceptors (Lipinski definition) is 7. The quantitative estimate of drug-likeness (QED) is 0.446. The van der Waals surface area contributed by atoms with Crippen molar-refractivity contribution in [2.45, 2.75) is 25.4 Å². The van der Waals surface area contributed by atoms with Gasteiger partial charge in [-0.05, 0) is 37.1 Å². The zero-order chi connectivity index (χ0) is 21.4. The van der Waals surface area contributed by atoms with Crippen LogP contribution in [-0.4, -0.2) is 63.5 Å². The molecule has 2 amide bonds. The molecule has 0 bridgehead atoms. The van der Waals surface area contributed by atoms with E-state index in [1.54, 1.807) is 37.5 Å². The monoisotopic (exact) mass is 424 g/mol. The Morgan fingerprint density at radius 2 is 1.93 bits per heavy atom. The summed E-state index contributed by atoms with van der Waals surface area (Å²) < 4.78 is 32.6. The highest BCUT2D eigenvalue weighted by molar-refractivity contribution is 7.91. The highest BCUT2D eigenvalue weighted by Gasteiger charge is 2.29. The fraction of sp³-hybridized carbons (Fsp3) is 0.421. The molecule has 1 heterocycles. The maximum atomic E-state index is 11.9. The van der Waals surface area contributed by atoms with E-state index in [2.05, 4.69) is 10.6 Å². The van der Waals surface area contributed by atoms with Crippen molar-refractivity contribution in [3.63, 3.8) is 0 Å². The summed E-state index contributed by atoms with van der Waals surface area (Å²) in [4.78, 5) is 35.6. The Morgan fingerprint density at radius 1 is 1.24 bits per heavy atom. The molecule has 0 saturated carbocycles. The van der Waals surface area contributed by atoms with E-state index >= 15 is 0 Å². The molecule has 1 fully saturated rings. The number of carbonyl (C=O) groups excluding carboxylic acids is 3. The number of rotatable bonds is 8. The fourth-order valence-electron chi connectivity index (χ4n) is 2.65. The van der Waals surface area contributed by atoms with Gasteiger partial charge in [0.1, 0.15) is 11.8 Å². The third kappa shape index (κ3) is 7.57. The van der Waals surface area contributed by atoms with Crippen molar-refractivity contribution >= 4 is 33.7 Å². The zero-order valence-corrected chi connectivity index (χ0v) is 17.0. The van der Waals surface area contributed by atoms with Crippen LogP contribution >= 0.6 is 0 Å². The van der Waals surface area contributed by atoms with E-state index in [1.807, 2.05) is 0 Å². The largest absolute Gasteiger partial charge is 0.497 e. The molecule has 2 N–H and O–H groups in total. The lowest BCUT2D eigenvalue weighted by Gasteiger charge is -2.14. The third-order valence-electron chi connectivity index (χ3n) is 4.20. The van der Waals surface area contributed by atoms with Crippen molar-refractivity contribution in [3.05, 3.63) is 35.9 Å². The van der Waals surface area contributed by atoms with Crippen molar-refractivity contribution < 1.29 is 32.3 Å². The molecule has 158 valence electrons. The summed E-state index contributed by atoms with van der Waals surface area (Å²) in [5.41, 5.74) is 0.779. The predicted molar refractivity (Wildman–Crippen MR) is 106 cm³/mol. The molecule has 29 heavy (non-hydrogen) atoms. The number of carbonyl (C=O) groups is 3. The van der Waals surface area contributed by atoms with Gasteiger partial charge in [-0.15, -0.1) is 0 Å². The average molecular weight is 424 g/mol. The van der Waals surface area contributed by atoms with Crippen LogP contribution in [0.25, 0.3) is 6.08 Å². The van der Waals surface area contributed by atoms with Crippen LogP contribution < -0.4 is 15.4 Å². The molecule has 1 saturated heterocycles. The van der Waals surface area contributed by atoms with E-state index in [-0.39, 0.29) is 11.5 Å². The number of sulfone groups is 1. The highest BCUT2D eigenvalue weighted by Crippen LogP contribution is 2.12. The third-order valence-corrected chi connectivity index (χ3v) is 5.97. The minimum Gasteiger partial charge on any atom is -0.497 e. The van der Waals surface area contributed by atoms with Crippen LogP contribution in [0.4, 0.5) is 0 Å². The Bertz CT molecular complexity index is 878. The molecule has 1 unspecified atom stereocenters. The van der Waals surface area contributed by atoms with Gasteiger partial charge >= 0.3 is 5.97 Å². The van der Waals surface area contributed by atoms with Crippen LogP contribution in [-0.2, 0) is 29.0 Å². The summed E-state index contributed by atoms with van der Waals surface area (Å²) in [6.07, 6.45) is 3.20. The van der Waals surface area contributed by atoms with E-state index in [1.165, 1.54) is 13.0 Å². The Hall–Kier alpha value is -2.88. The van der Waals surface area contributed by atoms with E-state index in [0.717, 1.165) is 5.56 Å². The summed E-state index contributed by atoms with van der Waals surface area (Å²) in [5, 5.41) is 4.96. The first-order valence-electron chi connectivity index (χ1n) is 8.97. The van der Waals surface area contributed by atoms with Gasteiger partial charge in [-0.25, -0.2) is 13.2 Å². The summed E-state index contributed by atoms with van der Waals surface area (Å²) in [7, 11) is -1.55. The highest BCUT2D eigenvalue weighted by atomic mass is 32.2. The smallest absolute Gasteiger partial charge is 0.328 e. The number of nitrogens with one attached hydrogen (secondary N) is 2. The molecule has 9 nitrogen and oxygen atoms in total. The number of esters is 1. The van der Waals surface area contributed by atoms with Gasteiger partial charge in [0.15, 0.2) is 16.4 Å². The van der Waals surface area contributed by atoms with Crippen molar-refractivity contribution in [3.8, 4) is 5.75 Å². The minimum atomic E-state index is -3.11. The van der Waals surface area contributed by atoms with Crippen LogP contribution in [0.15, 0.2) is 30.3 Å². The summed E-state index contributed by atoms with van der Waals surface area (Å²) >= 11 is 0. The molecule has 2 rings (SSSR count). The SMILES string of the molecule is COc1ccc(/C=C/C(=O)N[C@@H](C)C(=O)OCC(=O)NC2CCS(=O)(=O)C2)cc1. The normalized spacial score (nSPS) is 18.8. The van der Waals surface area contributed by atoms with Gasteiger partial charge < -0.3 is 20.1 Å². The van der Waals surface area contributed by atoms with Crippen LogP contribution in [0.1, 0.15) is 18.9 Å². The molecule has 0 aliphatic carbocycles. The first-order chi connectivity index (χ1) is 13.7. The Balaban J connectivity index is 1.72. The van der Waals surface area contributed by atoms with Crippen molar-refractivity contribution in [1.29, 1.82) is 0 Å². The lowest BCUT2D eigenvalue weighted by Crippen LogP contribution is -2.42. The van der Waals surface area contributed by atoms with Gasteiger partial charge in [0.25, 0.3) is 5.91 Å². The average Bonchev–Trinajstić information content (AvgIpc) is 3.02. The van der Waals surface area contributed by atoms with E-state index in [9.17, 15) is 22.8 Å². The summed E-state index contributed by atoms with van der Waals surface area (Å²) in [5.74, 6) is -1.24. The van der Waals surface area contributed by atoms with Crippen molar-refractivity contribution in [2.24, 2.45) is 0 Å². The molecule has 1 aliphatic rings. The number of amides is 2. The first kappa shape index (κ1) is 22.4. The van der Waals surface area contributed by atoms with Gasteiger partial charge in [0.2, 0.25) is 5.91 Å². The van der Waals surface area contributed by atoms with E-state index < -0.39 is 46.3 Å². The maximum absolute atomic E-state index is 11.9. The second-order valence-corrected chi connectivity index (χ2v) is 8.84. The van der Waals surface area contributed by atoms with Gasteiger partial charge in [0, 0.05) is 12.1 Å². The van der Waals surface area contributed by atoms with Crippen LogP contribution in [0.5, 0.6) is 5.75 Å². The lowest BCUT2D eigenvalue weighted by molar-refractivity contribution is -0.151. The standard InChI is InChI=1S/C19H24N2O7S/c1-13(20-17(22)8-5-14-3-6-16(27-2)7-4-14)19(24)28-11-18(23)21-15-9-10-29(25,26)12-15/h3-8,13,15H,9-12H2,1-2H3,(H,20,22)(H,21,23)/b8-5+/t13-,15?/m0/s1. The first-order valence-corrected chi connectivity index (χ1v) is 10.8. The zero-order valence-electron chi connectivity index (χ0n) is 16.2. The molecule has 1 aromatic carbocycles. The molecule has 0 aromatic heterocycles. The maximum Gasteiger partial charge on any atom is 0.328 e. The molecule has 1 aliphatic heterocycles. The Morgan fingerprint density at radius 3 is 2.52 bits per heavy atom. The minimum absolute atomic E-state index is 0.0326. The number of methoxy groups -OCH3 is 1. The number of hydrogen-bond donors (Lipinski definition) is 2. The van der Waals surface area contributed by atoms with Crippen molar-refractivity contribution in [1.82, 2.24) is 10.6 Å². The fourth-order valence-corrected chi connectivity index (χ4v) is 4.32. The summed E-state index contributed by atoms with van der Waals surface area (Å²) in [6, 6.07) is 5.63. The second kappa shape index (κ2) is 10.1. The van der Waals surface area contributed by atoms with Crippen LogP contribution in [0.2, 0.25) is 0 Å². The Kier molecular flexibility index (Phi) is 7.77. The van der Waals surface area contributed by atoms with Gasteiger partial charge in [-0.2, -0.15) is 0 Å². The Labute approximate surface area is 169 Å². The van der Waals surface area contributed by atoms with Crippen LogP contribution in [0.3, 0.4) is 0 Å². The summed E-state index contributed by atoms with van der Waals surface area (Å²) in [6.45, 7) is 0.889. The van der Waals surface area contributed by atoms with Gasteiger partial charge in [0.05, 0.1) is 18.6 Å². The van der Waals surface area contributed by atoms with Crippen molar-refractivity contribution in [2.75, 3.05) is 25.2 Å². The number of ether oxygens (including phenoxy) is 2. The van der Waals surface area contributed by atoms with Gasteiger partial charge in [-0.1, -0.05) is 12.1 Å².